The number of carbonyl (C=O) groups excluding carboxylic acids is 1. The maximum Gasteiger partial charge on any atom is 0.224 e. The van der Waals surface area contributed by atoms with Gasteiger partial charge in [-0.05, 0) is 49.8 Å². The predicted octanol–water partition coefficient (Wildman–Crippen LogP) is 3.10. The molecule has 3 nitrogen and oxygen atoms in total. The zero-order chi connectivity index (χ0) is 14.4. The Morgan fingerprint density at radius 3 is 2.75 bits per heavy atom. The Kier molecular flexibility index (Phi) is 5.22. The van der Waals surface area contributed by atoms with E-state index in [1.54, 1.807) is 7.11 Å². The van der Waals surface area contributed by atoms with Crippen LogP contribution in [0, 0.1) is 5.92 Å². The summed E-state index contributed by atoms with van der Waals surface area (Å²) in [5, 5.41) is 3.11. The fraction of sp³-hybridized carbons (Fsp3) is 0.471. The second-order valence-electron chi connectivity index (χ2n) is 5.40. The van der Waals surface area contributed by atoms with Gasteiger partial charge in [-0.3, -0.25) is 4.79 Å². The van der Waals surface area contributed by atoms with Crippen LogP contribution in [0.5, 0.6) is 5.75 Å². The van der Waals surface area contributed by atoms with E-state index in [1.165, 1.54) is 19.3 Å². The minimum Gasteiger partial charge on any atom is -0.497 e. The molecule has 0 saturated heterocycles. The van der Waals surface area contributed by atoms with Crippen molar-refractivity contribution < 1.29 is 9.53 Å². The Morgan fingerprint density at radius 2 is 2.15 bits per heavy atom. The largest absolute Gasteiger partial charge is 0.497 e. The second-order valence-corrected chi connectivity index (χ2v) is 5.40. The van der Waals surface area contributed by atoms with E-state index in [1.807, 2.05) is 24.3 Å². The lowest BCUT2D eigenvalue weighted by Gasteiger charge is -2.24. The van der Waals surface area contributed by atoms with Gasteiger partial charge in [0.25, 0.3) is 0 Å². The van der Waals surface area contributed by atoms with E-state index in [9.17, 15) is 4.79 Å². The average molecular weight is 273 g/mol. The van der Waals surface area contributed by atoms with Crippen molar-refractivity contribution in [3.05, 3.63) is 42.0 Å². The van der Waals surface area contributed by atoms with E-state index in [-0.39, 0.29) is 11.9 Å². The van der Waals surface area contributed by atoms with Gasteiger partial charge in [-0.25, -0.2) is 0 Å². The Balaban J connectivity index is 1.84. The number of hydrogen-bond donors (Lipinski definition) is 1. The molecule has 1 aromatic rings. The summed E-state index contributed by atoms with van der Waals surface area (Å²) < 4.78 is 5.11. The van der Waals surface area contributed by atoms with Crippen LogP contribution in [0.2, 0.25) is 0 Å². The van der Waals surface area contributed by atoms with Crippen LogP contribution < -0.4 is 10.1 Å². The predicted molar refractivity (Wildman–Crippen MR) is 80.8 cm³/mol. The van der Waals surface area contributed by atoms with Crippen LogP contribution in [-0.2, 0) is 11.2 Å². The molecule has 0 heterocycles. The number of ether oxygens (including phenoxy) is 1. The average Bonchev–Trinajstić information content (AvgIpc) is 2.49. The highest BCUT2D eigenvalue weighted by molar-refractivity contribution is 5.78. The molecule has 0 fully saturated rings. The molecule has 0 aromatic heterocycles. The van der Waals surface area contributed by atoms with E-state index in [0.29, 0.717) is 12.3 Å². The molecular weight excluding hydrogens is 250 g/mol. The molecule has 2 atom stereocenters. The smallest absolute Gasteiger partial charge is 0.224 e. The molecule has 1 aliphatic carbocycles. The first kappa shape index (κ1) is 14.6. The van der Waals surface area contributed by atoms with Crippen molar-refractivity contribution in [2.24, 2.45) is 5.92 Å². The summed E-state index contributed by atoms with van der Waals surface area (Å²) in [5.41, 5.74) is 1.01. The normalized spacial score (nSPS) is 19.4. The zero-order valence-electron chi connectivity index (χ0n) is 12.3. The maximum absolute atomic E-state index is 12.1. The highest BCUT2D eigenvalue weighted by Gasteiger charge is 2.18. The van der Waals surface area contributed by atoms with Gasteiger partial charge in [0.15, 0.2) is 0 Å². The van der Waals surface area contributed by atoms with E-state index in [2.05, 4.69) is 24.4 Å². The number of amides is 1. The number of hydrogen-bond acceptors (Lipinski definition) is 2. The Morgan fingerprint density at radius 1 is 1.40 bits per heavy atom. The fourth-order valence-corrected chi connectivity index (χ4v) is 2.60. The second kappa shape index (κ2) is 7.13. The Hall–Kier alpha value is -1.77. The summed E-state index contributed by atoms with van der Waals surface area (Å²) in [4.78, 5) is 12.1. The molecule has 108 valence electrons. The van der Waals surface area contributed by atoms with Crippen molar-refractivity contribution in [3.8, 4) is 5.75 Å². The van der Waals surface area contributed by atoms with Crippen LogP contribution in [0.3, 0.4) is 0 Å². The Bertz CT molecular complexity index is 464. The third kappa shape index (κ3) is 4.12. The molecule has 2 rings (SSSR count). The number of nitrogens with one attached hydrogen (secondary N) is 1. The Labute approximate surface area is 121 Å². The van der Waals surface area contributed by atoms with Gasteiger partial charge in [-0.2, -0.15) is 0 Å². The SMILES string of the molecule is COc1ccc(CC(=O)NC(C)C2C=CCCC2)cc1. The summed E-state index contributed by atoms with van der Waals surface area (Å²) >= 11 is 0. The zero-order valence-corrected chi connectivity index (χ0v) is 12.3. The van der Waals surface area contributed by atoms with Crippen molar-refractivity contribution in [2.75, 3.05) is 7.11 Å². The first-order chi connectivity index (χ1) is 9.69. The van der Waals surface area contributed by atoms with Gasteiger partial charge in [0.1, 0.15) is 5.75 Å². The summed E-state index contributed by atoms with van der Waals surface area (Å²) in [6.07, 6.45) is 8.44. The first-order valence-corrected chi connectivity index (χ1v) is 7.28. The lowest BCUT2D eigenvalue weighted by atomic mass is 9.90. The van der Waals surface area contributed by atoms with Crippen molar-refractivity contribution in [3.63, 3.8) is 0 Å². The molecule has 0 radical (unpaired) electrons. The van der Waals surface area contributed by atoms with Crippen molar-refractivity contribution in [1.29, 1.82) is 0 Å². The van der Waals surface area contributed by atoms with E-state index in [4.69, 9.17) is 4.74 Å². The van der Waals surface area contributed by atoms with Crippen molar-refractivity contribution in [1.82, 2.24) is 5.32 Å². The van der Waals surface area contributed by atoms with Gasteiger partial charge in [-0.1, -0.05) is 24.3 Å². The molecule has 0 aliphatic heterocycles. The fourth-order valence-electron chi connectivity index (χ4n) is 2.60. The topological polar surface area (TPSA) is 38.3 Å². The summed E-state index contributed by atoms with van der Waals surface area (Å²) in [7, 11) is 1.64. The molecule has 1 N–H and O–H groups in total. The lowest BCUT2D eigenvalue weighted by Crippen LogP contribution is -2.38. The molecular formula is C17H23NO2. The minimum atomic E-state index is 0.0849. The van der Waals surface area contributed by atoms with E-state index < -0.39 is 0 Å². The summed E-state index contributed by atoms with van der Waals surface area (Å²) in [5.74, 6) is 1.38. The monoisotopic (exact) mass is 273 g/mol. The highest BCUT2D eigenvalue weighted by atomic mass is 16.5. The molecule has 0 spiro atoms. The van der Waals surface area contributed by atoms with Crippen LogP contribution in [0.1, 0.15) is 31.7 Å². The third-order valence-electron chi connectivity index (χ3n) is 3.85. The van der Waals surface area contributed by atoms with Gasteiger partial charge >= 0.3 is 0 Å². The van der Waals surface area contributed by atoms with Gasteiger partial charge in [0, 0.05) is 6.04 Å². The van der Waals surface area contributed by atoms with Crippen LogP contribution in [0.15, 0.2) is 36.4 Å². The standard InChI is InChI=1S/C17H23NO2/c1-13(15-6-4-3-5-7-15)18-17(19)12-14-8-10-16(20-2)11-9-14/h4,6,8-11,13,15H,3,5,7,12H2,1-2H3,(H,18,19). The van der Waals surface area contributed by atoms with Crippen LogP contribution in [0.25, 0.3) is 0 Å². The number of benzene rings is 1. The quantitative estimate of drug-likeness (QED) is 0.837. The van der Waals surface area contributed by atoms with Gasteiger partial charge < -0.3 is 10.1 Å². The van der Waals surface area contributed by atoms with Gasteiger partial charge in [0.2, 0.25) is 5.91 Å². The lowest BCUT2D eigenvalue weighted by molar-refractivity contribution is -0.121. The molecule has 1 amide bonds. The van der Waals surface area contributed by atoms with Crippen LogP contribution >= 0.6 is 0 Å². The van der Waals surface area contributed by atoms with Gasteiger partial charge in [-0.15, -0.1) is 0 Å². The number of carbonyl (C=O) groups is 1. The number of rotatable bonds is 5. The van der Waals surface area contributed by atoms with Gasteiger partial charge in [0.05, 0.1) is 13.5 Å². The minimum absolute atomic E-state index is 0.0849. The van der Waals surface area contributed by atoms with Crippen LogP contribution in [0.4, 0.5) is 0 Å². The van der Waals surface area contributed by atoms with E-state index in [0.717, 1.165) is 11.3 Å². The first-order valence-electron chi connectivity index (χ1n) is 7.28. The third-order valence-corrected chi connectivity index (χ3v) is 3.85. The molecule has 20 heavy (non-hydrogen) atoms. The van der Waals surface area contributed by atoms with E-state index >= 15 is 0 Å². The molecule has 1 aromatic carbocycles. The highest BCUT2D eigenvalue weighted by Crippen LogP contribution is 2.20. The number of allylic oxidation sites excluding steroid dienone is 1. The molecule has 3 heteroatoms. The summed E-state index contributed by atoms with van der Waals surface area (Å²) in [6.45, 7) is 2.09. The molecule has 0 saturated carbocycles. The number of methoxy groups -OCH3 is 1. The van der Waals surface area contributed by atoms with Crippen molar-refractivity contribution >= 4 is 5.91 Å². The molecule has 1 aliphatic rings. The molecule has 2 unspecified atom stereocenters. The molecule has 0 bridgehead atoms. The maximum atomic E-state index is 12.1. The van der Waals surface area contributed by atoms with Crippen molar-refractivity contribution in [2.45, 2.75) is 38.6 Å². The van der Waals surface area contributed by atoms with Crippen LogP contribution in [-0.4, -0.2) is 19.1 Å². The summed E-state index contributed by atoms with van der Waals surface area (Å²) in [6, 6.07) is 7.84.